The summed E-state index contributed by atoms with van der Waals surface area (Å²) in [4.78, 5) is 29.6. The quantitative estimate of drug-likeness (QED) is 0.505. The third-order valence-corrected chi connectivity index (χ3v) is 5.61. The Morgan fingerprint density at radius 3 is 2.26 bits per heavy atom. The fraction of sp³-hybridized carbons (Fsp3) is 0.600. The van der Waals surface area contributed by atoms with Crippen LogP contribution in [0.3, 0.4) is 0 Å². The topological polar surface area (TPSA) is 98.1 Å². The van der Waals surface area contributed by atoms with Crippen LogP contribution < -0.4 is 10.6 Å². The maximum absolute atomic E-state index is 12.1. The number of rotatable bonds is 7. The van der Waals surface area contributed by atoms with Crippen molar-refractivity contribution in [1.29, 1.82) is 0 Å². The Hall–Kier alpha value is -2.55. The van der Waals surface area contributed by atoms with Gasteiger partial charge >= 0.3 is 6.09 Å². The second kappa shape index (κ2) is 12.8. The largest absolute Gasteiger partial charge is 0.444 e. The average molecular weight is 492 g/mol. The third kappa shape index (κ3) is 9.37. The predicted octanol–water partition coefficient (Wildman–Crippen LogP) is 5.84. The Balaban J connectivity index is 0.00000281. The number of carbonyl (C=O) groups excluding carboxylic acids is 2. The minimum absolute atomic E-state index is 0.0508. The van der Waals surface area contributed by atoms with E-state index in [0.717, 1.165) is 27.7 Å². The van der Waals surface area contributed by atoms with Gasteiger partial charge in [0.1, 0.15) is 10.6 Å². The van der Waals surface area contributed by atoms with Gasteiger partial charge in [-0.05, 0) is 46.2 Å². The molecule has 190 valence electrons. The van der Waals surface area contributed by atoms with Gasteiger partial charge in [0.05, 0.1) is 29.0 Å². The van der Waals surface area contributed by atoms with Crippen LogP contribution >= 0.6 is 11.8 Å². The van der Waals surface area contributed by atoms with E-state index in [-0.39, 0.29) is 5.91 Å². The van der Waals surface area contributed by atoms with Gasteiger partial charge in [-0.3, -0.25) is 9.48 Å². The maximum Gasteiger partial charge on any atom is 0.407 e. The van der Waals surface area contributed by atoms with Gasteiger partial charge in [0.2, 0.25) is 5.91 Å². The summed E-state index contributed by atoms with van der Waals surface area (Å²) in [6, 6.07) is 3.75. The number of ether oxygens (including phenoxy) is 1. The van der Waals surface area contributed by atoms with Gasteiger partial charge in [-0.25, -0.2) is 9.78 Å². The molecule has 2 aromatic rings. The average Bonchev–Trinajstić information content (AvgIpc) is 3.04. The van der Waals surface area contributed by atoms with Crippen molar-refractivity contribution < 1.29 is 14.3 Å². The molecule has 34 heavy (non-hydrogen) atoms. The Bertz CT molecular complexity index is 941. The first kappa shape index (κ1) is 29.5. The summed E-state index contributed by atoms with van der Waals surface area (Å²) in [5.74, 6) is -0.0508. The van der Waals surface area contributed by atoms with Crippen molar-refractivity contribution in [3.8, 4) is 0 Å². The van der Waals surface area contributed by atoms with Crippen molar-refractivity contribution in [1.82, 2.24) is 20.1 Å². The third-order valence-electron chi connectivity index (χ3n) is 4.43. The van der Waals surface area contributed by atoms with Crippen molar-refractivity contribution in [2.75, 3.05) is 11.9 Å². The lowest BCUT2D eigenvalue weighted by molar-refractivity contribution is -0.123. The number of anilines is 1. The molecule has 2 amide bonds. The van der Waals surface area contributed by atoms with Gasteiger partial charge in [-0.1, -0.05) is 53.3 Å². The van der Waals surface area contributed by atoms with Gasteiger partial charge in [0.15, 0.2) is 0 Å². The summed E-state index contributed by atoms with van der Waals surface area (Å²) in [5, 5.41) is 11.2. The van der Waals surface area contributed by atoms with Crippen LogP contribution in [0.4, 0.5) is 10.5 Å². The number of amides is 2. The Kier molecular flexibility index (Phi) is 11.1. The van der Waals surface area contributed by atoms with Gasteiger partial charge in [-0.2, -0.15) is 5.10 Å². The molecule has 0 aliphatic carbocycles. The molecule has 0 aliphatic heterocycles. The normalized spacial score (nSPS) is 11.4. The van der Waals surface area contributed by atoms with E-state index in [0.29, 0.717) is 18.8 Å². The van der Waals surface area contributed by atoms with Gasteiger partial charge in [0, 0.05) is 17.7 Å². The zero-order valence-corrected chi connectivity index (χ0v) is 23.1. The number of nitrogens with one attached hydrogen (secondary N) is 2. The summed E-state index contributed by atoms with van der Waals surface area (Å²) in [6.45, 7) is 20.2. The summed E-state index contributed by atoms with van der Waals surface area (Å²) >= 11 is 1.55. The zero-order chi connectivity index (χ0) is 26.1. The Morgan fingerprint density at radius 2 is 1.76 bits per heavy atom. The highest BCUT2D eigenvalue weighted by atomic mass is 32.2. The number of carbonyl (C=O) groups is 2. The first-order valence-electron chi connectivity index (χ1n) is 11.8. The summed E-state index contributed by atoms with van der Waals surface area (Å²) in [7, 11) is 0. The van der Waals surface area contributed by atoms with Crippen molar-refractivity contribution in [3.63, 3.8) is 0 Å². The molecule has 2 rings (SSSR count). The number of aromatic nitrogens is 3. The Labute approximate surface area is 208 Å². The molecule has 9 heteroatoms. The number of hydrogen-bond acceptors (Lipinski definition) is 6. The van der Waals surface area contributed by atoms with E-state index >= 15 is 0 Å². The molecular weight excluding hydrogens is 450 g/mol. The monoisotopic (exact) mass is 491 g/mol. The van der Waals surface area contributed by atoms with Crippen LogP contribution in [0.1, 0.15) is 73.7 Å². The molecule has 8 nitrogen and oxygen atoms in total. The molecule has 2 N–H and O–H groups in total. The lowest BCUT2D eigenvalue weighted by atomic mass is 9.96. The molecule has 0 unspecified atom stereocenters. The first-order chi connectivity index (χ1) is 15.8. The molecule has 0 radical (unpaired) electrons. The Morgan fingerprint density at radius 1 is 1.12 bits per heavy atom. The van der Waals surface area contributed by atoms with Crippen LogP contribution in [0.2, 0.25) is 0 Å². The molecule has 2 heterocycles. The second-order valence-electron chi connectivity index (χ2n) is 9.56. The van der Waals surface area contributed by atoms with Crippen LogP contribution in [0.15, 0.2) is 28.3 Å². The summed E-state index contributed by atoms with van der Waals surface area (Å²) < 4.78 is 7.17. The van der Waals surface area contributed by atoms with E-state index in [1.54, 1.807) is 18.0 Å². The molecule has 2 aromatic heterocycles. The standard InChI is InChI=1S/C23H35N5O3S.C2H6/c1-9-17-19(15(2)28(27-17)13-12-24-21(30)31-23(6,7)8)32-18-11-10-16(14-25-18)26-20(29)22(3,4)5;1-2/h10-11,14H,9,12-13H2,1-8H3,(H,24,30)(H,26,29);1-2H3. The number of nitrogens with zero attached hydrogens (tertiary/aromatic N) is 3. The minimum atomic E-state index is -0.525. The lowest BCUT2D eigenvalue weighted by Gasteiger charge is -2.19. The maximum atomic E-state index is 12.1. The number of pyridine rings is 1. The fourth-order valence-electron chi connectivity index (χ4n) is 2.69. The number of alkyl carbamates (subject to hydrolysis) is 1. The van der Waals surface area contributed by atoms with E-state index < -0.39 is 17.1 Å². The molecular formula is C25H41N5O3S. The van der Waals surface area contributed by atoms with Crippen molar-refractivity contribution in [2.24, 2.45) is 5.41 Å². The molecule has 0 atom stereocenters. The smallest absolute Gasteiger partial charge is 0.407 e. The van der Waals surface area contributed by atoms with Crippen LogP contribution in [0, 0.1) is 12.3 Å². The molecule has 0 saturated heterocycles. The zero-order valence-electron chi connectivity index (χ0n) is 22.3. The van der Waals surface area contributed by atoms with E-state index in [9.17, 15) is 9.59 Å². The molecule has 0 saturated carbocycles. The predicted molar refractivity (Wildman–Crippen MR) is 138 cm³/mol. The first-order valence-corrected chi connectivity index (χ1v) is 12.6. The van der Waals surface area contributed by atoms with Crippen LogP contribution in [0.25, 0.3) is 0 Å². The van der Waals surface area contributed by atoms with Crippen molar-refractivity contribution >= 4 is 29.4 Å². The highest BCUT2D eigenvalue weighted by molar-refractivity contribution is 7.99. The van der Waals surface area contributed by atoms with Crippen molar-refractivity contribution in [2.45, 2.75) is 97.7 Å². The second-order valence-corrected chi connectivity index (χ2v) is 10.6. The summed E-state index contributed by atoms with van der Waals surface area (Å²) in [5.41, 5.74) is 1.68. The number of hydrogen-bond donors (Lipinski definition) is 2. The molecule has 0 fully saturated rings. The van der Waals surface area contributed by atoms with Gasteiger partial charge in [0.25, 0.3) is 0 Å². The van der Waals surface area contributed by atoms with Crippen LogP contribution in [0.5, 0.6) is 0 Å². The fourth-order valence-corrected chi connectivity index (χ4v) is 3.70. The minimum Gasteiger partial charge on any atom is -0.444 e. The van der Waals surface area contributed by atoms with E-state index in [1.807, 2.05) is 79.1 Å². The van der Waals surface area contributed by atoms with E-state index in [1.165, 1.54) is 0 Å². The molecule has 0 aliphatic rings. The summed E-state index contributed by atoms with van der Waals surface area (Å²) in [6.07, 6.45) is 2.02. The van der Waals surface area contributed by atoms with Crippen LogP contribution in [-0.2, 0) is 22.5 Å². The highest BCUT2D eigenvalue weighted by Gasteiger charge is 2.21. The molecule has 0 bridgehead atoms. The molecule has 0 aromatic carbocycles. The molecule has 0 spiro atoms. The number of aryl methyl sites for hydroxylation is 1. The van der Waals surface area contributed by atoms with E-state index in [2.05, 4.69) is 22.5 Å². The SMILES string of the molecule is CC.CCc1nn(CCNC(=O)OC(C)(C)C)c(C)c1Sc1ccc(NC(=O)C(C)(C)C)cn1. The lowest BCUT2D eigenvalue weighted by Crippen LogP contribution is -2.34. The van der Waals surface area contributed by atoms with Gasteiger partial charge in [-0.15, -0.1) is 0 Å². The van der Waals surface area contributed by atoms with Gasteiger partial charge < -0.3 is 15.4 Å². The van der Waals surface area contributed by atoms with Crippen molar-refractivity contribution in [3.05, 3.63) is 29.7 Å². The van der Waals surface area contributed by atoms with E-state index in [4.69, 9.17) is 9.84 Å². The highest BCUT2D eigenvalue weighted by Crippen LogP contribution is 2.32. The van der Waals surface area contributed by atoms with Crippen LogP contribution in [-0.4, -0.2) is 38.9 Å².